The van der Waals surface area contributed by atoms with E-state index in [4.69, 9.17) is 18.0 Å². The third-order valence-corrected chi connectivity index (χ3v) is 4.53. The molecule has 2 nitrogen and oxygen atoms in total. The molecule has 112 valence electrons. The first-order chi connectivity index (χ1) is 9.90. The lowest BCUT2D eigenvalue weighted by atomic mass is 10.1. The number of nitrogens with zero attached hydrogens (tertiary/aromatic N) is 1. The fourth-order valence-corrected chi connectivity index (χ4v) is 3.07. The Labute approximate surface area is 132 Å². The van der Waals surface area contributed by atoms with Crippen molar-refractivity contribution in [2.24, 2.45) is 5.73 Å². The zero-order chi connectivity index (χ0) is 15.6. The highest BCUT2D eigenvalue weighted by Gasteiger charge is 2.20. The summed E-state index contributed by atoms with van der Waals surface area (Å²) < 4.78 is 28.3. The summed E-state index contributed by atoms with van der Waals surface area (Å²) in [6.45, 7) is 1.93. The third kappa shape index (κ3) is 3.57. The van der Waals surface area contributed by atoms with Crippen LogP contribution in [-0.4, -0.2) is 18.1 Å². The minimum atomic E-state index is -0.654. The summed E-state index contributed by atoms with van der Waals surface area (Å²) in [5.41, 5.74) is 5.55. The average Bonchev–Trinajstić information content (AvgIpc) is 2.90. The minimum Gasteiger partial charge on any atom is -0.389 e. The lowest BCUT2D eigenvalue weighted by Crippen LogP contribution is -2.32. The fourth-order valence-electron chi connectivity index (χ4n) is 2.12. The topological polar surface area (TPSA) is 29.3 Å². The molecular weight excluding hydrogens is 310 g/mol. The van der Waals surface area contributed by atoms with Crippen LogP contribution in [0.4, 0.5) is 14.5 Å². The van der Waals surface area contributed by atoms with Crippen LogP contribution in [0.25, 0.3) is 0 Å². The van der Waals surface area contributed by atoms with Crippen LogP contribution in [0.15, 0.2) is 29.6 Å². The molecule has 0 saturated heterocycles. The van der Waals surface area contributed by atoms with Crippen molar-refractivity contribution < 1.29 is 8.78 Å². The second-order valence-electron chi connectivity index (χ2n) is 4.90. The van der Waals surface area contributed by atoms with E-state index < -0.39 is 11.6 Å². The molecule has 0 spiro atoms. The zero-order valence-corrected chi connectivity index (χ0v) is 13.4. The number of rotatable bonds is 5. The molecule has 2 aromatic rings. The van der Waals surface area contributed by atoms with Crippen molar-refractivity contribution in [3.05, 3.63) is 51.7 Å². The average molecular weight is 326 g/mol. The maximum absolute atomic E-state index is 14.2. The summed E-state index contributed by atoms with van der Waals surface area (Å²) in [6, 6.07) is 6.29. The van der Waals surface area contributed by atoms with Crippen molar-refractivity contribution in [2.75, 3.05) is 11.9 Å². The van der Waals surface area contributed by atoms with Gasteiger partial charge in [0.1, 0.15) is 22.3 Å². The van der Waals surface area contributed by atoms with Gasteiger partial charge < -0.3 is 10.6 Å². The highest BCUT2D eigenvalue weighted by atomic mass is 32.1. The Morgan fingerprint density at radius 2 is 2.00 bits per heavy atom. The van der Waals surface area contributed by atoms with Gasteiger partial charge in [-0.1, -0.05) is 18.3 Å². The van der Waals surface area contributed by atoms with Gasteiger partial charge in [-0.05, 0) is 30.5 Å². The summed E-state index contributed by atoms with van der Waals surface area (Å²) in [7, 11) is 1.68. The van der Waals surface area contributed by atoms with Gasteiger partial charge in [0.15, 0.2) is 0 Å². The minimum absolute atomic E-state index is 0.0198. The molecule has 0 amide bonds. The number of thiophene rings is 1. The molecule has 0 aliphatic rings. The van der Waals surface area contributed by atoms with Crippen molar-refractivity contribution in [3.8, 4) is 0 Å². The highest BCUT2D eigenvalue weighted by Crippen LogP contribution is 2.27. The number of hydrogen-bond donors (Lipinski definition) is 1. The van der Waals surface area contributed by atoms with E-state index in [2.05, 4.69) is 0 Å². The molecule has 1 heterocycles. The van der Waals surface area contributed by atoms with Crippen molar-refractivity contribution in [1.29, 1.82) is 0 Å². The molecule has 1 unspecified atom stereocenters. The van der Waals surface area contributed by atoms with Crippen molar-refractivity contribution >= 4 is 34.2 Å². The SMILES string of the molecule is CC(Cc1cccs1)N(C)c1c(F)cc(C(N)=S)cc1F. The van der Waals surface area contributed by atoms with Gasteiger partial charge in [0, 0.05) is 30.0 Å². The Morgan fingerprint density at radius 3 is 2.48 bits per heavy atom. The Kier molecular flexibility index (Phi) is 4.90. The van der Waals surface area contributed by atoms with E-state index in [9.17, 15) is 8.78 Å². The highest BCUT2D eigenvalue weighted by molar-refractivity contribution is 7.80. The maximum Gasteiger partial charge on any atom is 0.150 e. The lowest BCUT2D eigenvalue weighted by molar-refractivity contribution is 0.560. The molecule has 21 heavy (non-hydrogen) atoms. The number of thiocarbonyl (C=S) groups is 1. The molecule has 2 N–H and O–H groups in total. The van der Waals surface area contributed by atoms with Crippen LogP contribution >= 0.6 is 23.6 Å². The maximum atomic E-state index is 14.2. The van der Waals surface area contributed by atoms with Crippen LogP contribution in [0.1, 0.15) is 17.4 Å². The van der Waals surface area contributed by atoms with Gasteiger partial charge in [0.05, 0.1) is 0 Å². The standard InChI is InChI=1S/C15H16F2N2S2/c1-9(6-11-4-3-5-21-11)19(2)14-12(16)7-10(15(18)20)8-13(14)17/h3-5,7-9H,6H2,1-2H3,(H2,18,20). The van der Waals surface area contributed by atoms with Crippen LogP contribution < -0.4 is 10.6 Å². The molecule has 2 rings (SSSR count). The quantitative estimate of drug-likeness (QED) is 0.849. The largest absolute Gasteiger partial charge is 0.389 e. The first-order valence-electron chi connectivity index (χ1n) is 6.44. The van der Waals surface area contributed by atoms with Gasteiger partial charge in [-0.15, -0.1) is 11.3 Å². The molecule has 0 aliphatic heterocycles. The summed E-state index contributed by atoms with van der Waals surface area (Å²) in [6.07, 6.45) is 0.726. The number of hydrogen-bond acceptors (Lipinski definition) is 3. The first kappa shape index (κ1) is 15.9. The van der Waals surface area contributed by atoms with Crippen LogP contribution in [0, 0.1) is 11.6 Å². The molecule has 0 saturated carbocycles. The molecular formula is C15H16F2N2S2. The monoisotopic (exact) mass is 326 g/mol. The molecule has 1 aromatic heterocycles. The summed E-state index contributed by atoms with van der Waals surface area (Å²) in [5, 5.41) is 1.99. The Balaban J connectivity index is 2.26. The summed E-state index contributed by atoms with van der Waals surface area (Å²) in [4.78, 5) is 2.76. The van der Waals surface area contributed by atoms with Gasteiger partial charge in [-0.2, -0.15) is 0 Å². The molecule has 0 aliphatic carbocycles. The molecule has 0 radical (unpaired) electrons. The Hall–Kier alpha value is -1.53. The first-order valence-corrected chi connectivity index (χ1v) is 7.73. The number of halogens is 2. The summed E-state index contributed by atoms with van der Waals surface area (Å²) in [5.74, 6) is -1.31. The molecule has 0 fully saturated rings. The van der Waals surface area contributed by atoms with E-state index in [-0.39, 0.29) is 22.3 Å². The Morgan fingerprint density at radius 1 is 1.38 bits per heavy atom. The molecule has 1 aromatic carbocycles. The van der Waals surface area contributed by atoms with Crippen LogP contribution in [0.5, 0.6) is 0 Å². The van der Waals surface area contributed by atoms with Gasteiger partial charge >= 0.3 is 0 Å². The normalized spacial score (nSPS) is 12.2. The van der Waals surface area contributed by atoms with E-state index in [0.29, 0.717) is 0 Å². The lowest BCUT2D eigenvalue weighted by Gasteiger charge is -2.27. The van der Waals surface area contributed by atoms with Crippen LogP contribution in [0.2, 0.25) is 0 Å². The van der Waals surface area contributed by atoms with Crippen LogP contribution in [-0.2, 0) is 6.42 Å². The predicted molar refractivity (Wildman–Crippen MR) is 88.1 cm³/mol. The van der Waals surface area contributed by atoms with E-state index in [1.165, 1.54) is 17.0 Å². The van der Waals surface area contributed by atoms with Crippen molar-refractivity contribution in [2.45, 2.75) is 19.4 Å². The number of likely N-dealkylation sites (N-methyl/N-ethyl adjacent to an activating group) is 1. The van der Waals surface area contributed by atoms with Crippen molar-refractivity contribution in [1.82, 2.24) is 0 Å². The smallest absolute Gasteiger partial charge is 0.150 e. The fraction of sp³-hybridized carbons (Fsp3) is 0.267. The second kappa shape index (κ2) is 6.49. The van der Waals surface area contributed by atoms with Gasteiger partial charge in [0.25, 0.3) is 0 Å². The third-order valence-electron chi connectivity index (χ3n) is 3.39. The number of nitrogens with two attached hydrogens (primary N) is 1. The van der Waals surface area contributed by atoms with Gasteiger partial charge in [-0.3, -0.25) is 0 Å². The van der Waals surface area contributed by atoms with E-state index >= 15 is 0 Å². The van der Waals surface area contributed by atoms with E-state index in [0.717, 1.165) is 6.42 Å². The molecule has 6 heteroatoms. The predicted octanol–water partition coefficient (Wildman–Crippen LogP) is 3.73. The zero-order valence-electron chi connectivity index (χ0n) is 11.8. The molecule has 0 bridgehead atoms. The second-order valence-corrected chi connectivity index (χ2v) is 6.37. The Bertz CT molecular complexity index is 618. The van der Waals surface area contributed by atoms with Gasteiger partial charge in [-0.25, -0.2) is 8.78 Å². The van der Waals surface area contributed by atoms with Crippen LogP contribution in [0.3, 0.4) is 0 Å². The summed E-state index contributed by atoms with van der Waals surface area (Å²) >= 11 is 6.38. The van der Waals surface area contributed by atoms with Gasteiger partial charge in [0.2, 0.25) is 0 Å². The van der Waals surface area contributed by atoms with E-state index in [1.54, 1.807) is 23.3 Å². The van der Waals surface area contributed by atoms with Crippen molar-refractivity contribution in [3.63, 3.8) is 0 Å². The number of benzene rings is 1. The molecule has 1 atom stereocenters. The van der Waals surface area contributed by atoms with E-state index in [1.807, 2.05) is 24.4 Å². The number of anilines is 1.